The summed E-state index contributed by atoms with van der Waals surface area (Å²) in [6.07, 6.45) is 7.58. The van der Waals surface area contributed by atoms with Crippen LogP contribution in [0.3, 0.4) is 0 Å². The summed E-state index contributed by atoms with van der Waals surface area (Å²) in [5.74, 6) is 1.83. The summed E-state index contributed by atoms with van der Waals surface area (Å²) in [5, 5.41) is 4.01. The van der Waals surface area contributed by atoms with Gasteiger partial charge in [0.25, 0.3) is 0 Å². The molecule has 0 N–H and O–H groups in total. The van der Waals surface area contributed by atoms with Crippen molar-refractivity contribution in [3.8, 4) is 0 Å². The van der Waals surface area contributed by atoms with E-state index in [1.54, 1.807) is 0 Å². The molecule has 6 heteroatoms. The molecule has 1 aromatic rings. The van der Waals surface area contributed by atoms with Crippen molar-refractivity contribution >= 4 is 5.97 Å². The van der Waals surface area contributed by atoms with Crippen LogP contribution in [0.5, 0.6) is 0 Å². The molecule has 3 rings (SSSR count). The average Bonchev–Trinajstić information content (AvgIpc) is 3.13. The van der Waals surface area contributed by atoms with Crippen molar-refractivity contribution in [3.05, 3.63) is 11.7 Å². The molecule has 2 fully saturated rings. The molecule has 2 aliphatic rings. The zero-order valence-electron chi connectivity index (χ0n) is 13.5. The van der Waals surface area contributed by atoms with E-state index >= 15 is 0 Å². The lowest BCUT2D eigenvalue weighted by Gasteiger charge is -2.32. The largest absolute Gasteiger partial charge is 0.468 e. The molecule has 1 aliphatic heterocycles. The van der Waals surface area contributed by atoms with Crippen molar-refractivity contribution in [1.29, 1.82) is 0 Å². The number of aryl methyl sites for hydroxylation is 1. The highest BCUT2D eigenvalue weighted by Crippen LogP contribution is 2.40. The van der Waals surface area contributed by atoms with E-state index in [9.17, 15) is 4.79 Å². The number of carbonyl (C=O) groups is 1. The molecule has 2 heterocycles. The van der Waals surface area contributed by atoms with E-state index in [2.05, 4.69) is 22.0 Å². The molecule has 22 heavy (non-hydrogen) atoms. The third-order valence-electron chi connectivity index (χ3n) is 5.00. The van der Waals surface area contributed by atoms with Crippen LogP contribution in [0.1, 0.15) is 57.2 Å². The van der Waals surface area contributed by atoms with E-state index in [4.69, 9.17) is 9.26 Å². The number of fused-ring (bicyclic) bond motifs is 1. The van der Waals surface area contributed by atoms with E-state index < -0.39 is 0 Å². The number of rotatable bonds is 5. The fourth-order valence-corrected chi connectivity index (χ4v) is 3.98. The topological polar surface area (TPSA) is 68.5 Å². The number of carbonyl (C=O) groups excluding carboxylic acids is 1. The Morgan fingerprint density at radius 3 is 3.00 bits per heavy atom. The Bertz CT molecular complexity index is 516. The van der Waals surface area contributed by atoms with Crippen molar-refractivity contribution in [2.75, 3.05) is 7.11 Å². The number of likely N-dealkylation sites (tertiary alicyclic amines) is 1. The number of methoxy groups -OCH3 is 1. The minimum Gasteiger partial charge on any atom is -0.468 e. The van der Waals surface area contributed by atoms with Gasteiger partial charge in [-0.25, -0.2) is 0 Å². The second kappa shape index (κ2) is 6.77. The number of hydrogen-bond donors (Lipinski definition) is 0. The molecule has 0 amide bonds. The normalized spacial score (nSPS) is 28.5. The SMILES string of the molecule is CCCc1noc(CN2[C@H](C(=O)OC)C[C@@H]3CCCC[C@@H]32)n1. The molecule has 6 nitrogen and oxygen atoms in total. The summed E-state index contributed by atoms with van der Waals surface area (Å²) in [4.78, 5) is 18.8. The molecular formula is C16H25N3O3. The summed E-state index contributed by atoms with van der Waals surface area (Å²) in [7, 11) is 1.47. The second-order valence-electron chi connectivity index (χ2n) is 6.41. The predicted molar refractivity (Wildman–Crippen MR) is 80.0 cm³/mol. The van der Waals surface area contributed by atoms with Crippen LogP contribution in [0, 0.1) is 5.92 Å². The fraction of sp³-hybridized carbons (Fsp3) is 0.812. The van der Waals surface area contributed by atoms with Gasteiger partial charge in [0.2, 0.25) is 5.89 Å². The van der Waals surface area contributed by atoms with Crippen molar-refractivity contribution in [2.24, 2.45) is 5.92 Å². The molecule has 0 radical (unpaired) electrons. The Kier molecular flexibility index (Phi) is 4.76. The van der Waals surface area contributed by atoms with Crippen LogP contribution >= 0.6 is 0 Å². The fourth-order valence-electron chi connectivity index (χ4n) is 3.98. The van der Waals surface area contributed by atoms with Crippen molar-refractivity contribution in [1.82, 2.24) is 15.0 Å². The van der Waals surface area contributed by atoms with Gasteiger partial charge in [0.05, 0.1) is 13.7 Å². The smallest absolute Gasteiger partial charge is 0.323 e. The highest BCUT2D eigenvalue weighted by molar-refractivity contribution is 5.76. The molecular weight excluding hydrogens is 282 g/mol. The van der Waals surface area contributed by atoms with Gasteiger partial charge in [-0.3, -0.25) is 9.69 Å². The van der Waals surface area contributed by atoms with Gasteiger partial charge in [-0.1, -0.05) is 24.9 Å². The van der Waals surface area contributed by atoms with Crippen molar-refractivity contribution < 1.29 is 14.1 Å². The summed E-state index contributed by atoms with van der Waals surface area (Å²) in [6, 6.07) is 0.277. The summed E-state index contributed by atoms with van der Waals surface area (Å²) in [5.41, 5.74) is 0. The lowest BCUT2D eigenvalue weighted by atomic mass is 9.85. The van der Waals surface area contributed by atoms with Crippen LogP contribution < -0.4 is 0 Å². The van der Waals surface area contributed by atoms with E-state index in [-0.39, 0.29) is 12.0 Å². The van der Waals surface area contributed by atoms with Crippen LogP contribution in [0.25, 0.3) is 0 Å². The lowest BCUT2D eigenvalue weighted by molar-refractivity contribution is -0.146. The van der Waals surface area contributed by atoms with Crippen LogP contribution in [-0.2, 0) is 22.5 Å². The molecule has 3 atom stereocenters. The molecule has 1 saturated heterocycles. The van der Waals surface area contributed by atoms with Gasteiger partial charge in [-0.15, -0.1) is 0 Å². The zero-order chi connectivity index (χ0) is 15.5. The quantitative estimate of drug-likeness (QED) is 0.778. The molecule has 1 aromatic heterocycles. The molecule has 0 bridgehead atoms. The molecule has 122 valence electrons. The molecule has 0 aromatic carbocycles. The van der Waals surface area contributed by atoms with Crippen LogP contribution in [-0.4, -0.2) is 40.2 Å². The minimum absolute atomic E-state index is 0.136. The summed E-state index contributed by atoms with van der Waals surface area (Å²) in [6.45, 7) is 2.65. The van der Waals surface area contributed by atoms with E-state index in [1.807, 2.05) is 0 Å². The summed E-state index contributed by atoms with van der Waals surface area (Å²) >= 11 is 0. The van der Waals surface area contributed by atoms with Gasteiger partial charge in [0, 0.05) is 12.5 Å². The number of nitrogens with zero attached hydrogens (tertiary/aromatic N) is 3. The average molecular weight is 307 g/mol. The minimum atomic E-state index is -0.167. The van der Waals surface area contributed by atoms with Gasteiger partial charge >= 0.3 is 5.97 Å². The molecule has 1 aliphatic carbocycles. The molecule has 0 unspecified atom stereocenters. The van der Waals surface area contributed by atoms with E-state index in [0.717, 1.165) is 31.5 Å². The maximum absolute atomic E-state index is 12.1. The Hall–Kier alpha value is -1.43. The maximum atomic E-state index is 12.1. The van der Waals surface area contributed by atoms with Gasteiger partial charge in [-0.2, -0.15) is 4.98 Å². The Morgan fingerprint density at radius 1 is 1.41 bits per heavy atom. The third-order valence-corrected chi connectivity index (χ3v) is 5.00. The maximum Gasteiger partial charge on any atom is 0.323 e. The number of hydrogen-bond acceptors (Lipinski definition) is 6. The molecule has 1 saturated carbocycles. The summed E-state index contributed by atoms with van der Waals surface area (Å²) < 4.78 is 10.4. The predicted octanol–water partition coefficient (Wildman–Crippen LogP) is 2.33. The molecule has 0 spiro atoms. The van der Waals surface area contributed by atoms with Gasteiger partial charge in [0.1, 0.15) is 6.04 Å². The van der Waals surface area contributed by atoms with Gasteiger partial charge < -0.3 is 9.26 Å². The second-order valence-corrected chi connectivity index (χ2v) is 6.41. The zero-order valence-corrected chi connectivity index (χ0v) is 13.5. The number of ether oxygens (including phenoxy) is 1. The first-order valence-electron chi connectivity index (χ1n) is 8.38. The van der Waals surface area contributed by atoms with Gasteiger partial charge in [0.15, 0.2) is 5.82 Å². The van der Waals surface area contributed by atoms with Crippen LogP contribution in [0.4, 0.5) is 0 Å². The van der Waals surface area contributed by atoms with Crippen LogP contribution in [0.15, 0.2) is 4.52 Å². The Labute approximate surface area is 131 Å². The number of aromatic nitrogens is 2. The highest BCUT2D eigenvalue weighted by Gasteiger charge is 2.46. The lowest BCUT2D eigenvalue weighted by Crippen LogP contribution is -2.42. The first-order chi connectivity index (χ1) is 10.7. The number of esters is 1. The first kappa shape index (κ1) is 15.5. The Balaban J connectivity index is 1.75. The first-order valence-corrected chi connectivity index (χ1v) is 8.38. The van der Waals surface area contributed by atoms with Crippen LogP contribution in [0.2, 0.25) is 0 Å². The van der Waals surface area contributed by atoms with E-state index in [0.29, 0.717) is 24.4 Å². The monoisotopic (exact) mass is 307 g/mol. The van der Waals surface area contributed by atoms with Crippen molar-refractivity contribution in [3.63, 3.8) is 0 Å². The van der Waals surface area contributed by atoms with Gasteiger partial charge in [-0.05, 0) is 31.6 Å². The standard InChI is InChI=1S/C16H25N3O3/c1-3-6-14-17-15(22-18-14)10-19-12-8-5-4-7-11(12)9-13(19)16(20)21-2/h11-13H,3-10H2,1-2H3/t11-,12-,13-/m0/s1. The van der Waals surface area contributed by atoms with Crippen molar-refractivity contribution in [2.45, 2.75) is 70.5 Å². The third kappa shape index (κ3) is 3.02. The Morgan fingerprint density at radius 2 is 2.23 bits per heavy atom. The highest BCUT2D eigenvalue weighted by atomic mass is 16.5. The van der Waals surface area contributed by atoms with E-state index in [1.165, 1.54) is 26.4 Å².